The molecule has 0 aliphatic heterocycles. The molecule has 10 aromatic carbocycles. The molecule has 0 N–H and O–H groups in total. The van der Waals surface area contributed by atoms with Crippen LogP contribution in [0.4, 0.5) is 17.1 Å². The van der Waals surface area contributed by atoms with Gasteiger partial charge >= 0.3 is 0 Å². The minimum absolute atomic E-state index is 0.103. The van der Waals surface area contributed by atoms with Crippen LogP contribution < -0.4 is 4.90 Å². The van der Waals surface area contributed by atoms with E-state index < -0.39 is 24.2 Å². The molecule has 0 fully saturated rings. The van der Waals surface area contributed by atoms with E-state index >= 15 is 0 Å². The number of benzene rings is 10. The average molecular weight is 800 g/mol. The summed E-state index contributed by atoms with van der Waals surface area (Å²) < 4.78 is 76.9. The summed E-state index contributed by atoms with van der Waals surface area (Å²) in [4.78, 5) is 1.37. The van der Waals surface area contributed by atoms with E-state index in [0.717, 1.165) is 49.7 Å². The number of fused-ring (bicyclic) bond motifs is 4. The fraction of sp³-hybridized carbons (Fsp3) is 0.0492. The first-order valence-electron chi connectivity index (χ1n) is 24.9. The van der Waals surface area contributed by atoms with E-state index in [1.54, 1.807) is 24.3 Å². The lowest BCUT2D eigenvalue weighted by atomic mass is 9.79. The van der Waals surface area contributed by atoms with Crippen molar-refractivity contribution in [1.29, 1.82) is 0 Å². The zero-order valence-electron chi connectivity index (χ0n) is 42.3. The third-order valence-corrected chi connectivity index (χ3v) is 12.2. The summed E-state index contributed by atoms with van der Waals surface area (Å²) in [6.07, 6.45) is 0. The summed E-state index contributed by atoms with van der Waals surface area (Å²) >= 11 is 0. The highest BCUT2D eigenvalue weighted by Crippen LogP contribution is 2.52. The Morgan fingerprint density at radius 3 is 1.45 bits per heavy atom. The smallest absolute Gasteiger partial charge is 0.0645 e. The van der Waals surface area contributed by atoms with Crippen LogP contribution in [-0.4, -0.2) is 0 Å². The van der Waals surface area contributed by atoms with E-state index in [0.29, 0.717) is 16.8 Å². The Kier molecular flexibility index (Phi) is 7.31. The van der Waals surface area contributed by atoms with Gasteiger partial charge in [-0.1, -0.05) is 196 Å². The number of rotatable bonds is 8. The van der Waals surface area contributed by atoms with Gasteiger partial charge in [-0.25, -0.2) is 0 Å². The highest BCUT2D eigenvalue weighted by molar-refractivity contribution is 5.90. The molecule has 0 heterocycles. The molecule has 10 aromatic rings. The standard InChI is InChI=1S/C61H45N/c1-61(2)59-24-9-8-21-57(59)58-23-12-22-56(60(58)61)46-31-37-55(38-32-46)62(53-33-27-44(28-34-53)49-18-10-17-48(39-49)42-13-4-3-5-14-42)54-35-29-45(30-36-54)50-19-11-20-51(40-50)52-26-25-43-15-6-7-16-47(43)41-52/h3-41H,1-2H3/i27D,28D,29D,30D,33D,34D,35D,36D. The van der Waals surface area contributed by atoms with Gasteiger partial charge in [0.1, 0.15) is 0 Å². The zero-order valence-corrected chi connectivity index (χ0v) is 34.3. The predicted octanol–water partition coefficient (Wildman–Crippen LogP) is 17.0. The summed E-state index contributed by atoms with van der Waals surface area (Å²) in [6.45, 7) is 4.46. The molecular formula is C61H45N. The Morgan fingerprint density at radius 1 is 0.323 bits per heavy atom. The van der Waals surface area contributed by atoms with Crippen molar-refractivity contribution in [2.24, 2.45) is 0 Å². The summed E-state index contributed by atoms with van der Waals surface area (Å²) in [5.74, 6) is 0. The van der Waals surface area contributed by atoms with Crippen LogP contribution in [0.1, 0.15) is 35.9 Å². The molecule has 1 aliphatic rings. The molecule has 62 heavy (non-hydrogen) atoms. The van der Waals surface area contributed by atoms with Crippen LogP contribution in [0.25, 0.3) is 77.5 Å². The van der Waals surface area contributed by atoms with E-state index in [1.165, 1.54) is 21.6 Å². The van der Waals surface area contributed by atoms with Gasteiger partial charge < -0.3 is 4.90 Å². The van der Waals surface area contributed by atoms with Crippen molar-refractivity contribution in [2.75, 3.05) is 4.90 Å². The topological polar surface area (TPSA) is 3.24 Å². The second-order valence-electron chi connectivity index (χ2n) is 16.3. The van der Waals surface area contributed by atoms with E-state index in [4.69, 9.17) is 0 Å². The van der Waals surface area contributed by atoms with Gasteiger partial charge in [-0.05, 0) is 143 Å². The Balaban J connectivity index is 1.08. The fourth-order valence-electron chi connectivity index (χ4n) is 9.08. The number of nitrogens with zero attached hydrogens (tertiary/aromatic N) is 1. The van der Waals surface area contributed by atoms with Crippen molar-refractivity contribution < 1.29 is 11.0 Å². The normalized spacial score (nSPS) is 14.3. The average Bonchev–Trinajstić information content (AvgIpc) is 3.63. The summed E-state index contributed by atoms with van der Waals surface area (Å²) in [5.41, 5.74) is 11.1. The molecule has 0 radical (unpaired) electrons. The van der Waals surface area contributed by atoms with Crippen LogP contribution in [0.5, 0.6) is 0 Å². The van der Waals surface area contributed by atoms with Crippen LogP contribution in [0.15, 0.2) is 236 Å². The Morgan fingerprint density at radius 2 is 0.790 bits per heavy atom. The molecule has 0 bridgehead atoms. The number of hydrogen-bond donors (Lipinski definition) is 0. The van der Waals surface area contributed by atoms with Gasteiger partial charge in [0.25, 0.3) is 0 Å². The van der Waals surface area contributed by atoms with Gasteiger partial charge in [0.2, 0.25) is 0 Å². The molecule has 0 saturated heterocycles. The highest BCUT2D eigenvalue weighted by Gasteiger charge is 2.37. The third-order valence-electron chi connectivity index (χ3n) is 12.2. The van der Waals surface area contributed by atoms with Crippen molar-refractivity contribution in [3.8, 4) is 66.8 Å². The van der Waals surface area contributed by atoms with E-state index in [2.05, 4.69) is 74.5 Å². The van der Waals surface area contributed by atoms with Crippen molar-refractivity contribution in [3.63, 3.8) is 0 Å². The Labute approximate surface area is 376 Å². The first-order chi connectivity index (χ1) is 33.8. The van der Waals surface area contributed by atoms with Crippen LogP contribution in [-0.2, 0) is 5.41 Å². The molecule has 0 atom stereocenters. The minimum atomic E-state index is -0.395. The molecule has 0 unspecified atom stereocenters. The monoisotopic (exact) mass is 799 g/mol. The van der Waals surface area contributed by atoms with Gasteiger partial charge in [0, 0.05) is 22.5 Å². The summed E-state index contributed by atoms with van der Waals surface area (Å²) in [7, 11) is 0. The van der Waals surface area contributed by atoms with Crippen molar-refractivity contribution in [3.05, 3.63) is 248 Å². The van der Waals surface area contributed by atoms with Crippen LogP contribution >= 0.6 is 0 Å². The molecule has 0 saturated carbocycles. The molecule has 0 amide bonds. The van der Waals surface area contributed by atoms with Gasteiger partial charge in [-0.3, -0.25) is 0 Å². The van der Waals surface area contributed by atoms with Crippen molar-refractivity contribution in [2.45, 2.75) is 19.3 Å². The predicted molar refractivity (Wildman–Crippen MR) is 263 cm³/mol. The van der Waals surface area contributed by atoms with Gasteiger partial charge in [-0.15, -0.1) is 0 Å². The quantitative estimate of drug-likeness (QED) is 0.148. The third kappa shape index (κ3) is 6.69. The Hall–Kier alpha value is -7.74. The lowest BCUT2D eigenvalue weighted by molar-refractivity contribution is 0.662. The highest BCUT2D eigenvalue weighted by atomic mass is 15.1. The fourth-order valence-corrected chi connectivity index (χ4v) is 9.08. The lowest BCUT2D eigenvalue weighted by Gasteiger charge is -2.27. The van der Waals surface area contributed by atoms with E-state index in [-0.39, 0.29) is 52.1 Å². The molecule has 1 aliphatic carbocycles. The van der Waals surface area contributed by atoms with Crippen molar-refractivity contribution in [1.82, 2.24) is 0 Å². The second-order valence-corrected chi connectivity index (χ2v) is 16.3. The summed E-state index contributed by atoms with van der Waals surface area (Å²) in [5, 5.41) is 2.17. The van der Waals surface area contributed by atoms with Crippen molar-refractivity contribution >= 4 is 27.8 Å². The van der Waals surface area contributed by atoms with Crippen LogP contribution in [0.3, 0.4) is 0 Å². The van der Waals surface area contributed by atoms with Gasteiger partial charge in [0.15, 0.2) is 0 Å². The maximum absolute atomic E-state index is 9.71. The number of anilines is 3. The molecule has 0 spiro atoms. The van der Waals surface area contributed by atoms with E-state index in [1.807, 2.05) is 103 Å². The molecule has 1 nitrogen and oxygen atoms in total. The van der Waals surface area contributed by atoms with Crippen LogP contribution in [0, 0.1) is 0 Å². The summed E-state index contributed by atoms with van der Waals surface area (Å²) in [6, 6.07) is 58.2. The van der Waals surface area contributed by atoms with Gasteiger partial charge in [0.05, 0.1) is 11.0 Å². The number of hydrogen-bond acceptors (Lipinski definition) is 1. The first-order valence-corrected chi connectivity index (χ1v) is 20.9. The largest absolute Gasteiger partial charge is 0.311 e. The zero-order chi connectivity index (χ0) is 48.6. The van der Waals surface area contributed by atoms with Crippen LogP contribution in [0.2, 0.25) is 0 Å². The van der Waals surface area contributed by atoms with E-state index in [9.17, 15) is 11.0 Å². The molecule has 0 aromatic heterocycles. The maximum atomic E-state index is 9.71. The molecule has 1 heteroatoms. The molecule has 11 rings (SSSR count). The SMILES string of the molecule is [2H]c1c([2H])c(N(c2ccc(-c3cccc4c3C(C)(C)c3ccccc3-4)cc2)c2c([2H])c([2H])c(-c3cccc(-c4ccc5ccccc5c4)c3)c([2H])c2[2H])c([2H])c([2H])c1-c1cccc(-c2ccccc2)c1. The molecule has 294 valence electrons. The minimum Gasteiger partial charge on any atom is -0.311 e. The first kappa shape index (κ1) is 29.5. The second kappa shape index (κ2) is 15.4. The molecular weight excluding hydrogens is 747 g/mol. The van der Waals surface area contributed by atoms with Gasteiger partial charge in [-0.2, -0.15) is 0 Å². The maximum Gasteiger partial charge on any atom is 0.0645 e. The Bertz CT molecular complexity index is 3670. The lowest BCUT2D eigenvalue weighted by Crippen LogP contribution is -2.16.